The van der Waals surface area contributed by atoms with Crippen LogP contribution in [0.5, 0.6) is 0 Å². The highest BCUT2D eigenvalue weighted by atomic mass is 32.2. The molecule has 1 aromatic carbocycles. The number of aromatic nitrogens is 2. The molecule has 9 nitrogen and oxygen atoms in total. The number of hydrogen-bond acceptors (Lipinski definition) is 6. The lowest BCUT2D eigenvalue weighted by molar-refractivity contribution is -0.199. The van der Waals surface area contributed by atoms with Gasteiger partial charge in [0.15, 0.2) is 9.84 Å². The first kappa shape index (κ1) is 31.6. The molecule has 0 spiro atoms. The number of benzene rings is 1. The predicted molar refractivity (Wildman–Crippen MR) is 128 cm³/mol. The maximum Gasteiger partial charge on any atom is 0.419 e. The van der Waals surface area contributed by atoms with Crippen molar-refractivity contribution in [1.82, 2.24) is 20.0 Å². The summed E-state index contributed by atoms with van der Waals surface area (Å²) in [4.78, 5) is 25.3. The minimum atomic E-state index is -5.39. The van der Waals surface area contributed by atoms with Crippen LogP contribution in [0.15, 0.2) is 35.5 Å². The largest absolute Gasteiger partial charge is 0.419 e. The van der Waals surface area contributed by atoms with Gasteiger partial charge in [0.05, 0.1) is 39.2 Å². The number of carbonyl (C=O) groups is 2. The second-order valence-corrected chi connectivity index (χ2v) is 13.2. The molecule has 2 saturated carbocycles. The third kappa shape index (κ3) is 5.37. The number of halogens is 9. The molecular formula is C25H20F9N5O4S. The van der Waals surface area contributed by atoms with Gasteiger partial charge < -0.3 is 10.2 Å². The number of hydrogen-bond donors (Lipinski definition) is 1. The zero-order valence-electron chi connectivity index (χ0n) is 22.0. The van der Waals surface area contributed by atoms with E-state index in [1.165, 1.54) is 0 Å². The minimum absolute atomic E-state index is 0.187. The van der Waals surface area contributed by atoms with E-state index < -0.39 is 110 Å². The maximum atomic E-state index is 14.1. The van der Waals surface area contributed by atoms with E-state index in [1.54, 1.807) is 0 Å². The lowest BCUT2D eigenvalue weighted by atomic mass is 10.0. The van der Waals surface area contributed by atoms with E-state index in [0.717, 1.165) is 6.07 Å². The van der Waals surface area contributed by atoms with Gasteiger partial charge in [0, 0.05) is 12.7 Å². The minimum Gasteiger partial charge on any atom is -0.336 e. The Bertz CT molecular complexity index is 1670. The van der Waals surface area contributed by atoms with Gasteiger partial charge in [-0.2, -0.15) is 49.9 Å². The quantitative estimate of drug-likeness (QED) is 0.466. The molecule has 0 radical (unpaired) electrons. The molecule has 3 aliphatic rings. The Hall–Kier alpha value is -3.82. The Kier molecular flexibility index (Phi) is 7.07. The Morgan fingerprint density at radius 2 is 1.64 bits per heavy atom. The molecule has 2 aromatic rings. The Labute approximate surface area is 242 Å². The molecule has 2 amide bonds. The van der Waals surface area contributed by atoms with Gasteiger partial charge in [-0.1, -0.05) is 0 Å². The summed E-state index contributed by atoms with van der Waals surface area (Å²) in [5.74, 6) is -2.73. The molecule has 0 unspecified atom stereocenters. The van der Waals surface area contributed by atoms with Gasteiger partial charge in [-0.3, -0.25) is 9.59 Å². The highest BCUT2D eigenvalue weighted by Gasteiger charge is 2.70. The van der Waals surface area contributed by atoms with E-state index >= 15 is 0 Å². The van der Waals surface area contributed by atoms with E-state index in [1.807, 2.05) is 6.07 Å². The molecule has 2 heterocycles. The van der Waals surface area contributed by atoms with E-state index in [0.29, 0.717) is 28.0 Å². The number of carbonyl (C=O) groups excluding carboxylic acids is 2. The first-order valence-corrected chi connectivity index (χ1v) is 14.4. The molecule has 1 N–H and O–H groups in total. The van der Waals surface area contributed by atoms with Crippen molar-refractivity contribution in [2.24, 2.45) is 5.41 Å². The number of alkyl halides is 9. The van der Waals surface area contributed by atoms with Crippen LogP contribution in [0.2, 0.25) is 0 Å². The van der Waals surface area contributed by atoms with Crippen LogP contribution in [0.25, 0.3) is 5.69 Å². The van der Waals surface area contributed by atoms with Gasteiger partial charge in [0.1, 0.15) is 17.0 Å². The molecule has 2 atom stereocenters. The molecule has 2 aliphatic carbocycles. The van der Waals surface area contributed by atoms with Crippen molar-refractivity contribution in [1.29, 1.82) is 5.26 Å². The molecular weight excluding hydrogens is 637 g/mol. The van der Waals surface area contributed by atoms with Gasteiger partial charge in [-0.15, -0.1) is 0 Å². The number of nitrogens with one attached hydrogen (secondary N) is 1. The van der Waals surface area contributed by atoms with Crippen LogP contribution < -0.4 is 5.32 Å². The van der Waals surface area contributed by atoms with E-state index in [-0.39, 0.29) is 18.9 Å². The van der Waals surface area contributed by atoms with Crippen molar-refractivity contribution in [2.45, 2.75) is 72.4 Å². The van der Waals surface area contributed by atoms with Gasteiger partial charge in [-0.25, -0.2) is 13.1 Å². The second-order valence-electron chi connectivity index (χ2n) is 11.0. The molecule has 238 valence electrons. The monoisotopic (exact) mass is 657 g/mol. The third-order valence-electron chi connectivity index (χ3n) is 8.04. The fourth-order valence-corrected chi connectivity index (χ4v) is 7.03. The molecule has 1 aromatic heterocycles. The van der Waals surface area contributed by atoms with Crippen molar-refractivity contribution in [3.63, 3.8) is 0 Å². The van der Waals surface area contributed by atoms with Crippen LogP contribution in [0.4, 0.5) is 39.5 Å². The average Bonchev–Trinajstić information content (AvgIpc) is 3.78. The molecule has 3 fully saturated rings. The SMILES string of the molecule is N#CC1(NC(=O)[C@@H]2C[C@@H](S(=O)(=O)c3ccc(-n4cc(C(F)(F)F)cn4)cc3C(F)(F)F)CN2C(=O)C2(C(F)(F)F)CC2)CC1. The molecule has 1 saturated heterocycles. The zero-order chi connectivity index (χ0) is 32.7. The summed E-state index contributed by atoms with van der Waals surface area (Å²) in [7, 11) is -5.15. The second kappa shape index (κ2) is 9.84. The number of likely N-dealkylation sites (tertiary alicyclic amines) is 1. The van der Waals surface area contributed by atoms with Gasteiger partial charge in [0.2, 0.25) is 11.8 Å². The first-order chi connectivity index (χ1) is 20.2. The number of nitriles is 1. The third-order valence-corrected chi connectivity index (χ3v) is 10.2. The molecule has 44 heavy (non-hydrogen) atoms. The summed E-state index contributed by atoms with van der Waals surface area (Å²) >= 11 is 0. The lowest BCUT2D eigenvalue weighted by Crippen LogP contribution is -2.53. The predicted octanol–water partition coefficient (Wildman–Crippen LogP) is 4.17. The van der Waals surface area contributed by atoms with E-state index in [2.05, 4.69) is 10.4 Å². The fourth-order valence-electron chi connectivity index (χ4n) is 5.14. The topological polar surface area (TPSA) is 125 Å². The van der Waals surface area contributed by atoms with Crippen LogP contribution in [-0.4, -0.2) is 64.5 Å². The van der Waals surface area contributed by atoms with Crippen molar-refractivity contribution in [3.05, 3.63) is 41.7 Å². The van der Waals surface area contributed by atoms with Crippen molar-refractivity contribution in [3.8, 4) is 11.8 Å². The molecule has 1 aliphatic heterocycles. The lowest BCUT2D eigenvalue weighted by Gasteiger charge is -2.29. The van der Waals surface area contributed by atoms with Crippen molar-refractivity contribution < 1.29 is 57.5 Å². The highest BCUT2D eigenvalue weighted by molar-refractivity contribution is 7.92. The average molecular weight is 658 g/mol. The summed E-state index contributed by atoms with van der Waals surface area (Å²) in [5.41, 5.74) is -7.92. The Balaban J connectivity index is 1.52. The number of sulfone groups is 1. The fraction of sp³-hybridized carbons (Fsp3) is 0.520. The molecule has 5 rings (SSSR count). The number of nitrogens with zero attached hydrogens (tertiary/aromatic N) is 4. The van der Waals surface area contributed by atoms with Gasteiger partial charge in [0.25, 0.3) is 0 Å². The van der Waals surface area contributed by atoms with Crippen molar-refractivity contribution >= 4 is 21.7 Å². The highest BCUT2D eigenvalue weighted by Crippen LogP contribution is 2.59. The summed E-state index contributed by atoms with van der Waals surface area (Å²) in [5, 5.41) is 13.0. The van der Waals surface area contributed by atoms with Crippen LogP contribution >= 0.6 is 0 Å². The van der Waals surface area contributed by atoms with Crippen LogP contribution in [-0.2, 0) is 31.8 Å². The van der Waals surface area contributed by atoms with Gasteiger partial charge in [-0.05, 0) is 50.3 Å². The summed E-state index contributed by atoms with van der Waals surface area (Å²) in [6.07, 6.45) is -16.4. The van der Waals surface area contributed by atoms with Crippen molar-refractivity contribution in [2.75, 3.05) is 6.54 Å². The summed E-state index contributed by atoms with van der Waals surface area (Å²) < 4.78 is 150. The Morgan fingerprint density at radius 1 is 1.00 bits per heavy atom. The molecule has 19 heteroatoms. The number of rotatable bonds is 6. The normalized spacial score (nSPS) is 22.8. The summed E-state index contributed by atoms with van der Waals surface area (Å²) in [6, 6.07) is 1.43. The van der Waals surface area contributed by atoms with Crippen LogP contribution in [0.1, 0.15) is 43.2 Å². The zero-order valence-corrected chi connectivity index (χ0v) is 22.8. The standard InChI is InChI=1S/C25H20F9N5O4S/c26-23(27,28)13-9-36-39(10-13)14-1-2-18(16(7-14)24(29,30)31)44(42,43)15-8-17(19(40)37-21(12-35)3-4-21)38(11-15)20(41)22(5-6-22)25(32,33)34/h1-2,7,9-10,15,17H,3-6,8,11H2,(H,37,40)/t15-,17+/m1/s1. The van der Waals surface area contributed by atoms with Gasteiger partial charge >= 0.3 is 18.5 Å². The first-order valence-electron chi connectivity index (χ1n) is 12.8. The Morgan fingerprint density at radius 3 is 2.11 bits per heavy atom. The molecule has 0 bridgehead atoms. The van der Waals surface area contributed by atoms with E-state index in [4.69, 9.17) is 0 Å². The maximum absolute atomic E-state index is 14.1. The number of amides is 2. The van der Waals surface area contributed by atoms with Crippen LogP contribution in [0, 0.1) is 16.7 Å². The summed E-state index contributed by atoms with van der Waals surface area (Å²) in [6.45, 7) is -1.05. The van der Waals surface area contributed by atoms with Crippen LogP contribution in [0.3, 0.4) is 0 Å². The smallest absolute Gasteiger partial charge is 0.336 e. The van der Waals surface area contributed by atoms with E-state index in [9.17, 15) is 62.8 Å².